The second-order valence-electron chi connectivity index (χ2n) is 6.52. The van der Waals surface area contributed by atoms with Crippen molar-refractivity contribution in [3.63, 3.8) is 0 Å². The molecule has 22 heavy (non-hydrogen) atoms. The molecule has 1 fully saturated rings. The number of aromatic nitrogens is 2. The minimum absolute atomic E-state index is 0.201. The topological polar surface area (TPSA) is 81.1 Å². The van der Waals surface area contributed by atoms with Gasteiger partial charge in [0.1, 0.15) is 5.69 Å². The van der Waals surface area contributed by atoms with Crippen LogP contribution in [0.1, 0.15) is 69.4 Å². The first-order valence-corrected chi connectivity index (χ1v) is 9.45. The molecule has 1 N–H and O–H groups in total. The van der Waals surface area contributed by atoms with Crippen LogP contribution in [0.5, 0.6) is 0 Å². The van der Waals surface area contributed by atoms with Crippen molar-refractivity contribution in [3.05, 3.63) is 18.0 Å². The van der Waals surface area contributed by atoms with Gasteiger partial charge in [0.05, 0.1) is 11.3 Å². The third-order valence-electron chi connectivity index (χ3n) is 4.14. The molecule has 0 aromatic carbocycles. The molecule has 6 nitrogen and oxygen atoms in total. The standard InChI is InChI=1S/C15H25N3O3S/c1-11(2)10-12(3)22(20,21)17-15(19)14-8-9-16-18(14)13-6-4-5-7-13/h8-9,11-13H,4-7,10H2,1-3H3,(H,17,19)/t12-/m1/s1. The second kappa shape index (κ2) is 6.81. The molecule has 2 rings (SSSR count). The van der Waals surface area contributed by atoms with Crippen LogP contribution in [-0.2, 0) is 10.0 Å². The number of hydrogen-bond acceptors (Lipinski definition) is 4. The lowest BCUT2D eigenvalue weighted by Crippen LogP contribution is -2.38. The summed E-state index contributed by atoms with van der Waals surface area (Å²) in [7, 11) is -3.66. The van der Waals surface area contributed by atoms with Crippen molar-refractivity contribution < 1.29 is 13.2 Å². The highest BCUT2D eigenvalue weighted by atomic mass is 32.2. The van der Waals surface area contributed by atoms with Gasteiger partial charge in [0.15, 0.2) is 0 Å². The predicted molar refractivity (Wildman–Crippen MR) is 85.0 cm³/mol. The zero-order chi connectivity index (χ0) is 16.3. The molecule has 124 valence electrons. The smallest absolute Gasteiger partial charge is 0.266 e. The summed E-state index contributed by atoms with van der Waals surface area (Å²) in [6.07, 6.45) is 6.28. The molecule has 1 aromatic rings. The molecule has 0 spiro atoms. The van der Waals surface area contributed by atoms with Crippen LogP contribution in [0, 0.1) is 5.92 Å². The lowest BCUT2D eigenvalue weighted by atomic mass is 10.1. The number of rotatable bonds is 6. The maximum Gasteiger partial charge on any atom is 0.283 e. The summed E-state index contributed by atoms with van der Waals surface area (Å²) in [5.74, 6) is -0.328. The fourth-order valence-electron chi connectivity index (χ4n) is 3.01. The van der Waals surface area contributed by atoms with Gasteiger partial charge in [-0.05, 0) is 38.2 Å². The quantitative estimate of drug-likeness (QED) is 0.870. The Morgan fingerprint density at radius 1 is 1.36 bits per heavy atom. The fourth-order valence-corrected chi connectivity index (χ4v) is 4.21. The van der Waals surface area contributed by atoms with Crippen molar-refractivity contribution in [2.24, 2.45) is 5.92 Å². The number of sulfonamides is 1. The molecule has 1 amide bonds. The molecule has 1 saturated carbocycles. The van der Waals surface area contributed by atoms with Crippen LogP contribution >= 0.6 is 0 Å². The summed E-state index contributed by atoms with van der Waals surface area (Å²) in [4.78, 5) is 12.3. The van der Waals surface area contributed by atoms with Crippen LogP contribution in [-0.4, -0.2) is 29.4 Å². The van der Waals surface area contributed by atoms with Gasteiger partial charge < -0.3 is 0 Å². The summed E-state index contributed by atoms with van der Waals surface area (Å²) in [5, 5.41) is 3.61. The molecular weight excluding hydrogens is 302 g/mol. The average Bonchev–Trinajstić information content (AvgIpc) is 3.08. The molecule has 1 aromatic heterocycles. The Balaban J connectivity index is 2.11. The fraction of sp³-hybridized carbons (Fsp3) is 0.733. The third kappa shape index (κ3) is 3.88. The van der Waals surface area contributed by atoms with Gasteiger partial charge >= 0.3 is 0 Å². The number of carbonyl (C=O) groups is 1. The molecule has 1 atom stereocenters. The van der Waals surface area contributed by atoms with E-state index in [0.29, 0.717) is 12.1 Å². The Morgan fingerprint density at radius 2 is 2.00 bits per heavy atom. The van der Waals surface area contributed by atoms with Crippen molar-refractivity contribution in [3.8, 4) is 0 Å². The normalized spacial score (nSPS) is 17.8. The minimum atomic E-state index is -3.66. The number of amides is 1. The molecule has 0 saturated heterocycles. The van der Waals surface area contributed by atoms with Crippen molar-refractivity contribution in [2.45, 2.75) is 64.2 Å². The molecule has 0 radical (unpaired) electrons. The molecule has 0 unspecified atom stereocenters. The molecule has 1 aliphatic carbocycles. The Kier molecular flexibility index (Phi) is 5.26. The number of nitrogens with one attached hydrogen (secondary N) is 1. The second-order valence-corrected chi connectivity index (χ2v) is 8.61. The van der Waals surface area contributed by atoms with Crippen molar-refractivity contribution >= 4 is 15.9 Å². The van der Waals surface area contributed by atoms with Crippen LogP contribution in [0.15, 0.2) is 12.3 Å². The number of hydrogen-bond donors (Lipinski definition) is 1. The van der Waals surface area contributed by atoms with Gasteiger partial charge in [0.25, 0.3) is 5.91 Å². The Bertz CT molecular complexity index is 616. The van der Waals surface area contributed by atoms with Gasteiger partial charge in [0.2, 0.25) is 10.0 Å². The van der Waals surface area contributed by atoms with Crippen LogP contribution in [0.4, 0.5) is 0 Å². The van der Waals surface area contributed by atoms with Crippen LogP contribution in [0.25, 0.3) is 0 Å². The van der Waals surface area contributed by atoms with E-state index in [2.05, 4.69) is 9.82 Å². The predicted octanol–water partition coefficient (Wildman–Crippen LogP) is 2.49. The largest absolute Gasteiger partial charge is 0.283 e. The summed E-state index contributed by atoms with van der Waals surface area (Å²) in [5.41, 5.74) is 0.326. The van der Waals surface area contributed by atoms with Gasteiger partial charge in [-0.1, -0.05) is 26.7 Å². The zero-order valence-electron chi connectivity index (χ0n) is 13.4. The van der Waals surface area contributed by atoms with Crippen LogP contribution in [0.3, 0.4) is 0 Å². The van der Waals surface area contributed by atoms with E-state index in [1.54, 1.807) is 23.9 Å². The Labute approximate surface area is 132 Å². The van der Waals surface area contributed by atoms with E-state index in [1.807, 2.05) is 13.8 Å². The summed E-state index contributed by atoms with van der Waals surface area (Å²) < 4.78 is 28.4. The average molecular weight is 327 g/mol. The van der Waals surface area contributed by atoms with Crippen LogP contribution < -0.4 is 4.72 Å². The first kappa shape index (κ1) is 17.0. The Hall–Kier alpha value is -1.37. The van der Waals surface area contributed by atoms with Gasteiger partial charge in [-0.3, -0.25) is 9.48 Å². The van der Waals surface area contributed by atoms with E-state index in [-0.39, 0.29) is 12.0 Å². The number of carbonyl (C=O) groups excluding carboxylic acids is 1. The van der Waals surface area contributed by atoms with E-state index in [0.717, 1.165) is 25.7 Å². The van der Waals surface area contributed by atoms with Crippen LogP contribution in [0.2, 0.25) is 0 Å². The van der Waals surface area contributed by atoms with Crippen molar-refractivity contribution in [2.75, 3.05) is 0 Å². The van der Waals surface area contributed by atoms with E-state index in [4.69, 9.17) is 0 Å². The van der Waals surface area contributed by atoms with Crippen molar-refractivity contribution in [1.82, 2.24) is 14.5 Å². The summed E-state index contributed by atoms with van der Waals surface area (Å²) >= 11 is 0. The Morgan fingerprint density at radius 3 is 2.59 bits per heavy atom. The zero-order valence-corrected chi connectivity index (χ0v) is 14.3. The molecule has 1 heterocycles. The van der Waals surface area contributed by atoms with E-state index in [9.17, 15) is 13.2 Å². The van der Waals surface area contributed by atoms with Gasteiger partial charge in [-0.25, -0.2) is 13.1 Å². The summed E-state index contributed by atoms with van der Waals surface area (Å²) in [6.45, 7) is 5.55. The molecular formula is C15H25N3O3S. The minimum Gasteiger partial charge on any atom is -0.266 e. The van der Waals surface area contributed by atoms with Gasteiger partial charge in [-0.2, -0.15) is 5.10 Å². The van der Waals surface area contributed by atoms with Crippen molar-refractivity contribution in [1.29, 1.82) is 0 Å². The number of nitrogens with zero attached hydrogens (tertiary/aromatic N) is 2. The highest BCUT2D eigenvalue weighted by Gasteiger charge is 2.28. The first-order chi connectivity index (χ1) is 10.3. The van der Waals surface area contributed by atoms with Gasteiger partial charge in [0, 0.05) is 6.20 Å². The molecule has 7 heteroatoms. The lowest BCUT2D eigenvalue weighted by molar-refractivity contribution is 0.0967. The van der Waals surface area contributed by atoms with E-state index in [1.165, 1.54) is 0 Å². The first-order valence-electron chi connectivity index (χ1n) is 7.90. The maximum absolute atomic E-state index is 12.3. The van der Waals surface area contributed by atoms with E-state index < -0.39 is 21.2 Å². The molecule has 1 aliphatic rings. The monoisotopic (exact) mass is 327 g/mol. The highest BCUT2D eigenvalue weighted by Crippen LogP contribution is 2.29. The maximum atomic E-state index is 12.3. The third-order valence-corrected chi connectivity index (χ3v) is 5.86. The summed E-state index contributed by atoms with van der Waals surface area (Å²) in [6, 6.07) is 1.78. The SMILES string of the molecule is CC(C)C[C@@H](C)S(=O)(=O)NC(=O)c1ccnn1C1CCCC1. The van der Waals surface area contributed by atoms with Gasteiger partial charge in [-0.15, -0.1) is 0 Å². The van der Waals surface area contributed by atoms with E-state index >= 15 is 0 Å². The molecule has 0 bridgehead atoms. The highest BCUT2D eigenvalue weighted by molar-refractivity contribution is 7.90. The molecule has 0 aliphatic heterocycles. The lowest BCUT2D eigenvalue weighted by Gasteiger charge is -2.17.